The van der Waals surface area contributed by atoms with Crippen LogP contribution in [0.2, 0.25) is 0 Å². The monoisotopic (exact) mass is 286 g/mol. The average Bonchev–Trinajstić information content (AvgIpc) is 2.53. The molecule has 1 N–H and O–H groups in total. The Kier molecular flexibility index (Phi) is 5.20. The molecule has 2 aromatic rings. The highest BCUT2D eigenvalue weighted by Crippen LogP contribution is 1.96. The van der Waals surface area contributed by atoms with E-state index in [9.17, 15) is 9.59 Å². The fraction of sp³-hybridized carbons (Fsp3) is 0.333. The summed E-state index contributed by atoms with van der Waals surface area (Å²) in [6.45, 7) is 2.89. The van der Waals surface area contributed by atoms with Crippen LogP contribution >= 0.6 is 0 Å². The molecule has 110 valence electrons. The Morgan fingerprint density at radius 1 is 1.29 bits per heavy atom. The highest BCUT2D eigenvalue weighted by atomic mass is 16.2. The van der Waals surface area contributed by atoms with Crippen molar-refractivity contribution in [3.63, 3.8) is 0 Å². The molecule has 0 saturated heterocycles. The lowest BCUT2D eigenvalue weighted by atomic mass is 10.3. The quantitative estimate of drug-likeness (QED) is 0.870. The zero-order valence-electron chi connectivity index (χ0n) is 12.0. The number of amides is 1. The molecular weight excluding hydrogens is 268 g/mol. The van der Waals surface area contributed by atoms with Crippen molar-refractivity contribution in [2.75, 3.05) is 0 Å². The van der Waals surface area contributed by atoms with Crippen molar-refractivity contribution in [2.45, 2.75) is 32.9 Å². The van der Waals surface area contributed by atoms with Crippen LogP contribution in [0.15, 0.2) is 41.3 Å². The smallest absolute Gasteiger partial charge is 0.272 e. The molecule has 2 rings (SSSR count). The summed E-state index contributed by atoms with van der Waals surface area (Å²) in [4.78, 5) is 27.8. The van der Waals surface area contributed by atoms with Crippen molar-refractivity contribution in [3.8, 4) is 0 Å². The lowest BCUT2D eigenvalue weighted by Crippen LogP contribution is -2.29. The van der Waals surface area contributed by atoms with Gasteiger partial charge in [0.1, 0.15) is 5.69 Å². The molecule has 0 bridgehead atoms. The van der Waals surface area contributed by atoms with Crippen molar-refractivity contribution in [1.82, 2.24) is 20.1 Å². The summed E-state index contributed by atoms with van der Waals surface area (Å²) >= 11 is 0. The van der Waals surface area contributed by atoms with Gasteiger partial charge in [-0.1, -0.05) is 19.4 Å². The molecule has 0 fully saturated rings. The minimum atomic E-state index is -0.314. The Labute approximate surface area is 122 Å². The van der Waals surface area contributed by atoms with Gasteiger partial charge in [-0.2, -0.15) is 5.10 Å². The third kappa shape index (κ3) is 4.24. The topological polar surface area (TPSA) is 76.9 Å². The van der Waals surface area contributed by atoms with Crippen LogP contribution in [0.3, 0.4) is 0 Å². The Morgan fingerprint density at radius 3 is 2.86 bits per heavy atom. The molecule has 0 aliphatic carbocycles. The van der Waals surface area contributed by atoms with Crippen LogP contribution in [0.4, 0.5) is 0 Å². The number of rotatable bonds is 6. The second-order valence-electron chi connectivity index (χ2n) is 4.64. The summed E-state index contributed by atoms with van der Waals surface area (Å²) < 4.78 is 1.33. The minimum absolute atomic E-state index is 0.190. The number of hydrogen-bond donors (Lipinski definition) is 1. The predicted molar refractivity (Wildman–Crippen MR) is 78.8 cm³/mol. The van der Waals surface area contributed by atoms with E-state index < -0.39 is 0 Å². The van der Waals surface area contributed by atoms with Gasteiger partial charge in [0.25, 0.3) is 11.5 Å². The van der Waals surface area contributed by atoms with E-state index in [1.54, 1.807) is 6.20 Å². The summed E-state index contributed by atoms with van der Waals surface area (Å²) in [5.41, 5.74) is 0.816. The van der Waals surface area contributed by atoms with Gasteiger partial charge in [-0.15, -0.1) is 0 Å². The maximum Gasteiger partial charge on any atom is 0.272 e. The largest absolute Gasteiger partial charge is 0.345 e. The summed E-state index contributed by atoms with van der Waals surface area (Å²) in [5.74, 6) is -0.314. The SMILES string of the molecule is CCCCn1nc(C(=O)NCc2ccccn2)ccc1=O. The fourth-order valence-corrected chi connectivity index (χ4v) is 1.80. The number of unbranched alkanes of at least 4 members (excludes halogenated alkanes) is 1. The second-order valence-corrected chi connectivity index (χ2v) is 4.64. The summed E-state index contributed by atoms with van der Waals surface area (Å²) in [5, 5.41) is 6.83. The Balaban J connectivity index is 2.03. The molecule has 0 saturated carbocycles. The van der Waals surface area contributed by atoms with Crippen molar-refractivity contribution < 1.29 is 4.79 Å². The number of aryl methyl sites for hydroxylation is 1. The van der Waals surface area contributed by atoms with Gasteiger partial charge >= 0.3 is 0 Å². The van der Waals surface area contributed by atoms with E-state index in [0.29, 0.717) is 13.1 Å². The normalized spacial score (nSPS) is 10.3. The minimum Gasteiger partial charge on any atom is -0.345 e. The first-order valence-corrected chi connectivity index (χ1v) is 6.97. The average molecular weight is 286 g/mol. The zero-order chi connectivity index (χ0) is 15.1. The molecule has 0 aliphatic rings. The van der Waals surface area contributed by atoms with Crippen LogP contribution in [0.25, 0.3) is 0 Å². The first-order valence-electron chi connectivity index (χ1n) is 6.97. The highest BCUT2D eigenvalue weighted by Gasteiger charge is 2.09. The number of nitrogens with one attached hydrogen (secondary N) is 1. The lowest BCUT2D eigenvalue weighted by Gasteiger charge is -2.07. The molecule has 0 radical (unpaired) electrons. The van der Waals surface area contributed by atoms with E-state index in [2.05, 4.69) is 15.4 Å². The summed E-state index contributed by atoms with van der Waals surface area (Å²) in [6.07, 6.45) is 3.49. The zero-order valence-corrected chi connectivity index (χ0v) is 12.0. The molecule has 0 spiro atoms. The van der Waals surface area contributed by atoms with Gasteiger partial charge < -0.3 is 5.32 Å². The molecule has 1 amide bonds. The molecular formula is C15H18N4O2. The van der Waals surface area contributed by atoms with E-state index in [1.165, 1.54) is 16.8 Å². The maximum absolute atomic E-state index is 12.0. The standard InChI is InChI=1S/C15H18N4O2/c1-2-3-10-19-14(20)8-7-13(18-19)15(21)17-11-12-6-4-5-9-16-12/h4-9H,2-3,10-11H2,1H3,(H,17,21). The van der Waals surface area contributed by atoms with Crippen molar-refractivity contribution in [2.24, 2.45) is 0 Å². The van der Waals surface area contributed by atoms with E-state index in [4.69, 9.17) is 0 Å². The molecule has 0 aliphatic heterocycles. The van der Waals surface area contributed by atoms with E-state index in [-0.39, 0.29) is 17.2 Å². The summed E-state index contributed by atoms with van der Waals surface area (Å²) in [7, 11) is 0. The number of hydrogen-bond acceptors (Lipinski definition) is 4. The molecule has 0 aromatic carbocycles. The van der Waals surface area contributed by atoms with Crippen LogP contribution in [-0.4, -0.2) is 20.7 Å². The molecule has 2 heterocycles. The molecule has 2 aromatic heterocycles. The number of aromatic nitrogens is 3. The third-order valence-electron chi connectivity index (χ3n) is 2.98. The second kappa shape index (κ2) is 7.33. The van der Waals surface area contributed by atoms with Crippen molar-refractivity contribution in [1.29, 1.82) is 0 Å². The molecule has 21 heavy (non-hydrogen) atoms. The number of pyridine rings is 1. The first kappa shape index (κ1) is 14.9. The van der Waals surface area contributed by atoms with Gasteiger partial charge in [0, 0.05) is 18.8 Å². The van der Waals surface area contributed by atoms with Gasteiger partial charge in [-0.3, -0.25) is 14.6 Å². The summed E-state index contributed by atoms with van der Waals surface area (Å²) in [6, 6.07) is 8.32. The van der Waals surface area contributed by atoms with E-state index in [1.807, 2.05) is 25.1 Å². The Hall–Kier alpha value is -2.50. The van der Waals surface area contributed by atoms with Gasteiger partial charge in [-0.05, 0) is 24.6 Å². The van der Waals surface area contributed by atoms with Gasteiger partial charge in [0.2, 0.25) is 0 Å². The van der Waals surface area contributed by atoms with Crippen LogP contribution in [-0.2, 0) is 13.1 Å². The predicted octanol–water partition coefficient (Wildman–Crippen LogP) is 1.37. The van der Waals surface area contributed by atoms with Crippen LogP contribution < -0.4 is 10.9 Å². The van der Waals surface area contributed by atoms with Gasteiger partial charge in [-0.25, -0.2) is 4.68 Å². The van der Waals surface area contributed by atoms with Crippen LogP contribution in [0.5, 0.6) is 0 Å². The van der Waals surface area contributed by atoms with Crippen molar-refractivity contribution in [3.05, 3.63) is 58.3 Å². The highest BCUT2D eigenvalue weighted by molar-refractivity contribution is 5.91. The van der Waals surface area contributed by atoms with Gasteiger partial charge in [0.15, 0.2) is 0 Å². The maximum atomic E-state index is 12.0. The molecule has 0 atom stereocenters. The number of carbonyl (C=O) groups is 1. The molecule has 6 heteroatoms. The molecule has 0 unspecified atom stereocenters. The van der Waals surface area contributed by atoms with Crippen molar-refractivity contribution >= 4 is 5.91 Å². The Morgan fingerprint density at radius 2 is 2.14 bits per heavy atom. The number of nitrogens with zero attached hydrogens (tertiary/aromatic N) is 3. The van der Waals surface area contributed by atoms with Crippen LogP contribution in [0, 0.1) is 0 Å². The Bertz CT molecular complexity index is 652. The molecule has 6 nitrogen and oxygen atoms in total. The van der Waals surface area contributed by atoms with E-state index in [0.717, 1.165) is 18.5 Å². The fourth-order valence-electron chi connectivity index (χ4n) is 1.80. The first-order chi connectivity index (χ1) is 10.2. The van der Waals surface area contributed by atoms with Gasteiger partial charge in [0.05, 0.1) is 12.2 Å². The van der Waals surface area contributed by atoms with Crippen LogP contribution in [0.1, 0.15) is 35.9 Å². The van der Waals surface area contributed by atoms with E-state index >= 15 is 0 Å². The lowest BCUT2D eigenvalue weighted by molar-refractivity contribution is 0.0942. The third-order valence-corrected chi connectivity index (χ3v) is 2.98. The number of carbonyl (C=O) groups excluding carboxylic acids is 1.